The first kappa shape index (κ1) is 13.9. The molecule has 0 fully saturated rings. The molecular weight excluding hydrogens is 286 g/mol. The van der Waals surface area contributed by atoms with Crippen molar-refractivity contribution < 1.29 is 17.6 Å². The summed E-state index contributed by atoms with van der Waals surface area (Å²) in [4.78, 5) is 0. The van der Waals surface area contributed by atoms with Crippen molar-refractivity contribution in [1.29, 1.82) is 0 Å². The molecule has 2 aromatic rings. The van der Waals surface area contributed by atoms with Crippen LogP contribution in [0.1, 0.15) is 12.1 Å². The van der Waals surface area contributed by atoms with E-state index >= 15 is 0 Å². The van der Waals surface area contributed by atoms with Crippen molar-refractivity contribution in [2.24, 2.45) is 5.92 Å². The fraction of sp³-hybridized carbons (Fsp3) is 0.357. The van der Waals surface area contributed by atoms with Gasteiger partial charge < -0.3 is 5.73 Å². The third kappa shape index (κ3) is 2.48. The summed E-state index contributed by atoms with van der Waals surface area (Å²) < 4.78 is 53.3. The number of rotatable bonds is 1. The normalized spacial score (nSPS) is 18.6. The minimum absolute atomic E-state index is 0.000474. The molecule has 2 heterocycles. The van der Waals surface area contributed by atoms with Crippen molar-refractivity contribution in [3.05, 3.63) is 35.8 Å². The number of nitrogens with zero attached hydrogens (tertiary/aromatic N) is 2. The minimum Gasteiger partial charge on any atom is -0.382 e. The quantitative estimate of drug-likeness (QED) is 0.820. The van der Waals surface area contributed by atoms with Gasteiger partial charge >= 0.3 is 6.18 Å². The highest BCUT2D eigenvalue weighted by Gasteiger charge is 2.42. The molecule has 1 atom stereocenters. The summed E-state index contributed by atoms with van der Waals surface area (Å²) in [6.45, 7) is 0.185. The topological polar surface area (TPSA) is 43.8 Å². The number of hydrogen-bond donors (Lipinski definition) is 1. The van der Waals surface area contributed by atoms with E-state index in [4.69, 9.17) is 5.73 Å². The highest BCUT2D eigenvalue weighted by Crippen LogP contribution is 2.39. The van der Waals surface area contributed by atoms with E-state index in [0.29, 0.717) is 16.8 Å². The molecule has 2 N–H and O–H groups in total. The van der Waals surface area contributed by atoms with Crippen LogP contribution >= 0.6 is 0 Å². The molecular formula is C14H13F4N3. The van der Waals surface area contributed by atoms with Crippen molar-refractivity contribution in [2.45, 2.75) is 25.6 Å². The van der Waals surface area contributed by atoms with Crippen LogP contribution in [-0.2, 0) is 13.0 Å². The fourth-order valence-electron chi connectivity index (χ4n) is 2.73. The monoisotopic (exact) mass is 299 g/mol. The number of anilines is 1. The Morgan fingerprint density at radius 1 is 1.19 bits per heavy atom. The maximum atomic E-state index is 13.0. The first-order chi connectivity index (χ1) is 9.86. The zero-order chi connectivity index (χ0) is 15.2. The average Bonchev–Trinajstić information content (AvgIpc) is 2.74. The highest BCUT2D eigenvalue weighted by molar-refractivity contribution is 5.76. The van der Waals surface area contributed by atoms with Gasteiger partial charge in [-0.25, -0.2) is 4.39 Å². The maximum absolute atomic E-state index is 13.0. The van der Waals surface area contributed by atoms with Crippen LogP contribution in [0.4, 0.5) is 23.4 Å². The molecule has 0 spiro atoms. The molecule has 7 heteroatoms. The van der Waals surface area contributed by atoms with Gasteiger partial charge in [0.25, 0.3) is 0 Å². The number of aromatic nitrogens is 2. The van der Waals surface area contributed by atoms with Crippen LogP contribution in [0.25, 0.3) is 11.1 Å². The summed E-state index contributed by atoms with van der Waals surface area (Å²) in [5.74, 6) is -1.62. The van der Waals surface area contributed by atoms with Crippen LogP contribution in [0.3, 0.4) is 0 Å². The van der Waals surface area contributed by atoms with E-state index in [0.717, 1.165) is 0 Å². The van der Waals surface area contributed by atoms with Crippen molar-refractivity contribution >= 4 is 5.82 Å². The molecule has 0 saturated heterocycles. The Hall–Kier alpha value is -2.05. The van der Waals surface area contributed by atoms with Crippen LogP contribution < -0.4 is 5.73 Å². The highest BCUT2D eigenvalue weighted by atomic mass is 19.4. The minimum atomic E-state index is -4.23. The first-order valence-electron chi connectivity index (χ1n) is 6.54. The van der Waals surface area contributed by atoms with E-state index in [2.05, 4.69) is 5.10 Å². The van der Waals surface area contributed by atoms with Gasteiger partial charge in [0, 0.05) is 24.2 Å². The zero-order valence-electron chi connectivity index (χ0n) is 11.0. The van der Waals surface area contributed by atoms with Gasteiger partial charge in [0.1, 0.15) is 5.82 Å². The summed E-state index contributed by atoms with van der Waals surface area (Å²) >= 11 is 0. The van der Waals surface area contributed by atoms with Gasteiger partial charge in [-0.2, -0.15) is 18.3 Å². The summed E-state index contributed by atoms with van der Waals surface area (Å²) in [5, 5.41) is 4.10. The third-order valence-electron chi connectivity index (χ3n) is 3.81. The Labute approximate surface area is 118 Å². The Morgan fingerprint density at radius 3 is 2.48 bits per heavy atom. The number of alkyl halides is 3. The molecule has 0 bridgehead atoms. The van der Waals surface area contributed by atoms with E-state index in [1.165, 1.54) is 28.9 Å². The summed E-state index contributed by atoms with van der Waals surface area (Å²) in [7, 11) is 0. The maximum Gasteiger partial charge on any atom is 0.392 e. The second-order valence-corrected chi connectivity index (χ2v) is 5.17. The predicted octanol–water partition coefficient (Wildman–Crippen LogP) is 3.40. The molecule has 1 unspecified atom stereocenters. The number of nitrogens with two attached hydrogens (primary N) is 1. The smallest absolute Gasteiger partial charge is 0.382 e. The largest absolute Gasteiger partial charge is 0.392 e. The molecule has 3 rings (SSSR count). The van der Waals surface area contributed by atoms with Crippen LogP contribution in [0, 0.1) is 11.7 Å². The number of hydrogen-bond acceptors (Lipinski definition) is 2. The Morgan fingerprint density at radius 2 is 1.86 bits per heavy atom. The predicted molar refractivity (Wildman–Crippen MR) is 69.9 cm³/mol. The lowest BCUT2D eigenvalue weighted by molar-refractivity contribution is -0.179. The van der Waals surface area contributed by atoms with Crippen molar-refractivity contribution in [2.75, 3.05) is 5.73 Å². The van der Waals surface area contributed by atoms with Crippen LogP contribution in [-0.4, -0.2) is 16.0 Å². The second kappa shape index (κ2) is 4.75. The van der Waals surface area contributed by atoms with Crippen LogP contribution in [0.15, 0.2) is 24.3 Å². The summed E-state index contributed by atoms with van der Waals surface area (Å²) in [6, 6.07) is 5.51. The zero-order valence-corrected chi connectivity index (χ0v) is 11.0. The van der Waals surface area contributed by atoms with Crippen LogP contribution in [0.2, 0.25) is 0 Å². The van der Waals surface area contributed by atoms with Crippen molar-refractivity contribution in [1.82, 2.24) is 9.78 Å². The summed E-state index contributed by atoms with van der Waals surface area (Å²) in [5.41, 5.74) is 7.36. The lowest BCUT2D eigenvalue weighted by atomic mass is 9.92. The second-order valence-electron chi connectivity index (χ2n) is 5.17. The third-order valence-corrected chi connectivity index (χ3v) is 3.81. The van der Waals surface area contributed by atoms with Gasteiger partial charge in [-0.15, -0.1) is 0 Å². The lowest BCUT2D eigenvalue weighted by Gasteiger charge is -2.26. The number of halogens is 4. The molecule has 0 radical (unpaired) electrons. The summed E-state index contributed by atoms with van der Waals surface area (Å²) in [6.07, 6.45) is -4.38. The molecule has 1 aliphatic heterocycles. The number of aryl methyl sites for hydroxylation is 1. The van der Waals surface area contributed by atoms with E-state index in [1.807, 2.05) is 0 Å². The lowest BCUT2D eigenvalue weighted by Crippen LogP contribution is -2.31. The Balaban J connectivity index is 2.04. The Bertz CT molecular complexity index is 658. The van der Waals surface area contributed by atoms with E-state index < -0.39 is 17.9 Å². The van der Waals surface area contributed by atoms with Crippen molar-refractivity contribution in [3.8, 4) is 11.1 Å². The molecule has 1 aromatic heterocycles. The van der Waals surface area contributed by atoms with Gasteiger partial charge in [0.15, 0.2) is 5.82 Å². The average molecular weight is 299 g/mol. The van der Waals surface area contributed by atoms with E-state index in [-0.39, 0.29) is 25.2 Å². The molecule has 1 aliphatic rings. The van der Waals surface area contributed by atoms with Gasteiger partial charge in [0.2, 0.25) is 0 Å². The van der Waals surface area contributed by atoms with Crippen LogP contribution in [0.5, 0.6) is 0 Å². The number of benzene rings is 1. The van der Waals surface area contributed by atoms with Gasteiger partial charge in [0.05, 0.1) is 5.92 Å². The molecule has 112 valence electrons. The van der Waals surface area contributed by atoms with Gasteiger partial charge in [-0.05, 0) is 24.1 Å². The van der Waals surface area contributed by atoms with E-state index in [1.54, 1.807) is 0 Å². The first-order valence-corrected chi connectivity index (χ1v) is 6.54. The molecule has 0 saturated carbocycles. The molecule has 0 amide bonds. The van der Waals surface area contributed by atoms with E-state index in [9.17, 15) is 17.6 Å². The molecule has 21 heavy (non-hydrogen) atoms. The van der Waals surface area contributed by atoms with Crippen molar-refractivity contribution in [3.63, 3.8) is 0 Å². The SMILES string of the molecule is Nc1nn2c(c1-c1ccc(F)cc1)CC(C(F)(F)F)CC2. The Kier molecular flexibility index (Phi) is 3.15. The standard InChI is InChI=1S/C14H13F4N3/c15-10-3-1-8(2-4-10)12-11-7-9(14(16,17)18)5-6-21(11)20-13(12)19/h1-4,9H,5-7H2,(H2,19,20). The van der Waals surface area contributed by atoms with Gasteiger partial charge in [-0.3, -0.25) is 4.68 Å². The molecule has 0 aliphatic carbocycles. The molecule has 3 nitrogen and oxygen atoms in total. The fourth-order valence-corrected chi connectivity index (χ4v) is 2.73. The number of nitrogen functional groups attached to an aromatic ring is 1. The molecule has 1 aromatic carbocycles. The van der Waals surface area contributed by atoms with Gasteiger partial charge in [-0.1, -0.05) is 12.1 Å². The number of fused-ring (bicyclic) bond motifs is 1.